The van der Waals surface area contributed by atoms with Crippen LogP contribution in [0.15, 0.2) is 6.20 Å². The van der Waals surface area contributed by atoms with Crippen molar-refractivity contribution in [1.29, 1.82) is 0 Å². The molecule has 4 nitrogen and oxygen atoms in total. The molecular weight excluding hydrogens is 226 g/mol. The third-order valence-electron chi connectivity index (χ3n) is 3.45. The zero-order chi connectivity index (χ0) is 13.0. The first kappa shape index (κ1) is 13.4. The molecule has 18 heavy (non-hydrogen) atoms. The summed E-state index contributed by atoms with van der Waals surface area (Å²) in [7, 11) is 0. The van der Waals surface area contributed by atoms with Crippen LogP contribution in [-0.4, -0.2) is 16.6 Å². The maximum absolute atomic E-state index is 6.08. The second kappa shape index (κ2) is 6.25. The first-order chi connectivity index (χ1) is 8.76. The molecule has 0 bridgehead atoms. The van der Waals surface area contributed by atoms with Gasteiger partial charge in [0.05, 0.1) is 0 Å². The minimum Gasteiger partial charge on any atom is -0.371 e. The first-order valence-electron chi connectivity index (χ1n) is 6.99. The van der Waals surface area contributed by atoms with Gasteiger partial charge in [-0.05, 0) is 32.6 Å². The quantitative estimate of drug-likeness (QED) is 0.871. The summed E-state index contributed by atoms with van der Waals surface area (Å²) in [6.45, 7) is 4.86. The van der Waals surface area contributed by atoms with Crippen LogP contribution >= 0.6 is 0 Å². The molecule has 0 spiro atoms. The zero-order valence-electron chi connectivity index (χ0n) is 11.4. The van der Waals surface area contributed by atoms with E-state index in [2.05, 4.69) is 16.9 Å². The van der Waals surface area contributed by atoms with Crippen LogP contribution in [0, 0.1) is 0 Å². The molecule has 0 radical (unpaired) electrons. The summed E-state index contributed by atoms with van der Waals surface area (Å²) in [4.78, 5) is 9.15. The van der Waals surface area contributed by atoms with Gasteiger partial charge in [-0.1, -0.05) is 13.3 Å². The highest BCUT2D eigenvalue weighted by molar-refractivity contribution is 5.24. The van der Waals surface area contributed by atoms with Crippen LogP contribution in [0.4, 0.5) is 0 Å². The minimum absolute atomic E-state index is 0.0310. The van der Waals surface area contributed by atoms with Gasteiger partial charge in [0.25, 0.3) is 0 Å². The minimum atomic E-state index is 0.0310. The van der Waals surface area contributed by atoms with Crippen LogP contribution in [0.25, 0.3) is 0 Å². The fourth-order valence-corrected chi connectivity index (χ4v) is 2.50. The molecule has 2 N–H and O–H groups in total. The van der Waals surface area contributed by atoms with E-state index >= 15 is 0 Å². The monoisotopic (exact) mass is 249 g/mol. The summed E-state index contributed by atoms with van der Waals surface area (Å²) in [5.41, 5.74) is 8.33. The lowest BCUT2D eigenvalue weighted by molar-refractivity contribution is 0.0491. The predicted molar refractivity (Wildman–Crippen MR) is 71.2 cm³/mol. The number of aromatic nitrogens is 2. The van der Waals surface area contributed by atoms with Crippen molar-refractivity contribution in [3.8, 4) is 0 Å². The van der Waals surface area contributed by atoms with Gasteiger partial charge in [0.15, 0.2) is 5.82 Å². The number of ether oxygens (including phenoxy) is 1. The summed E-state index contributed by atoms with van der Waals surface area (Å²) >= 11 is 0. The lowest BCUT2D eigenvalue weighted by Crippen LogP contribution is -2.21. The maximum atomic E-state index is 6.08. The average molecular weight is 249 g/mol. The molecule has 0 saturated heterocycles. The molecule has 0 aliphatic heterocycles. The summed E-state index contributed by atoms with van der Waals surface area (Å²) in [6.07, 6.45) is 7.16. The number of hydrogen-bond donors (Lipinski definition) is 1. The summed E-state index contributed by atoms with van der Waals surface area (Å²) in [5, 5.41) is 0. The van der Waals surface area contributed by atoms with Crippen LogP contribution in [-0.2, 0) is 11.2 Å². The molecule has 0 fully saturated rings. The third kappa shape index (κ3) is 2.87. The van der Waals surface area contributed by atoms with Crippen LogP contribution < -0.4 is 5.73 Å². The van der Waals surface area contributed by atoms with Gasteiger partial charge in [0, 0.05) is 30.1 Å². The molecule has 1 aliphatic rings. The van der Waals surface area contributed by atoms with E-state index < -0.39 is 0 Å². The maximum Gasteiger partial charge on any atom is 0.157 e. The molecule has 2 atom stereocenters. The van der Waals surface area contributed by atoms with Crippen molar-refractivity contribution in [3.63, 3.8) is 0 Å². The lowest BCUT2D eigenvalue weighted by atomic mass is 9.93. The predicted octanol–water partition coefficient (Wildman–Crippen LogP) is 2.69. The molecule has 1 aliphatic carbocycles. The van der Waals surface area contributed by atoms with Gasteiger partial charge >= 0.3 is 0 Å². The van der Waals surface area contributed by atoms with Crippen LogP contribution in [0.1, 0.15) is 68.8 Å². The Balaban J connectivity index is 2.23. The summed E-state index contributed by atoms with van der Waals surface area (Å²) in [6, 6.07) is 0.111. The highest BCUT2D eigenvalue weighted by atomic mass is 16.5. The number of nitrogens with two attached hydrogens (primary N) is 1. The third-order valence-corrected chi connectivity index (χ3v) is 3.45. The van der Waals surface area contributed by atoms with E-state index in [1.54, 1.807) is 0 Å². The Labute approximate surface area is 109 Å². The second-order valence-corrected chi connectivity index (χ2v) is 4.86. The van der Waals surface area contributed by atoms with Crippen molar-refractivity contribution in [1.82, 2.24) is 9.97 Å². The van der Waals surface area contributed by atoms with E-state index in [9.17, 15) is 0 Å². The molecule has 2 unspecified atom stereocenters. The Kier molecular flexibility index (Phi) is 4.66. The molecule has 1 heterocycles. The van der Waals surface area contributed by atoms with Gasteiger partial charge < -0.3 is 10.5 Å². The highest BCUT2D eigenvalue weighted by Crippen LogP contribution is 2.28. The standard InChI is InChI=1S/C14H23N3O/c1-3-6-13(18-4-2)14-16-9-10-11(15)7-5-8-12(10)17-14/h9,11,13H,3-8,15H2,1-2H3. The van der Waals surface area contributed by atoms with Crippen molar-refractivity contribution in [3.05, 3.63) is 23.3 Å². The van der Waals surface area contributed by atoms with Crippen LogP contribution in [0.3, 0.4) is 0 Å². The summed E-state index contributed by atoms with van der Waals surface area (Å²) in [5.74, 6) is 0.826. The fourth-order valence-electron chi connectivity index (χ4n) is 2.50. The smallest absolute Gasteiger partial charge is 0.157 e. The number of nitrogens with zero attached hydrogens (tertiary/aromatic N) is 2. The molecule has 0 aromatic carbocycles. The Morgan fingerprint density at radius 3 is 3.06 bits per heavy atom. The molecule has 2 rings (SSSR count). The van der Waals surface area contributed by atoms with Gasteiger partial charge in [-0.2, -0.15) is 0 Å². The number of fused-ring (bicyclic) bond motifs is 1. The first-order valence-corrected chi connectivity index (χ1v) is 6.99. The molecule has 0 amide bonds. The molecule has 100 valence electrons. The van der Waals surface area contributed by atoms with Crippen molar-refractivity contribution in [2.24, 2.45) is 5.73 Å². The van der Waals surface area contributed by atoms with Crippen molar-refractivity contribution < 1.29 is 4.74 Å². The average Bonchev–Trinajstić information content (AvgIpc) is 2.38. The molecule has 1 aromatic heterocycles. The normalized spacial score (nSPS) is 20.5. The van der Waals surface area contributed by atoms with Gasteiger partial charge in [0.1, 0.15) is 6.10 Å². The zero-order valence-corrected chi connectivity index (χ0v) is 11.4. The molecule has 1 aromatic rings. The molecule has 4 heteroatoms. The van der Waals surface area contributed by atoms with Gasteiger partial charge in [-0.15, -0.1) is 0 Å². The van der Waals surface area contributed by atoms with Crippen LogP contribution in [0.5, 0.6) is 0 Å². The Hall–Kier alpha value is -1.00. The molecular formula is C14H23N3O. The van der Waals surface area contributed by atoms with Crippen molar-refractivity contribution in [2.45, 2.75) is 58.1 Å². The molecule has 0 saturated carbocycles. The van der Waals surface area contributed by atoms with Gasteiger partial charge in [-0.3, -0.25) is 0 Å². The fraction of sp³-hybridized carbons (Fsp3) is 0.714. The SMILES string of the molecule is CCCC(OCC)c1ncc2c(n1)CCCC2N. The Morgan fingerprint density at radius 1 is 1.50 bits per heavy atom. The Bertz CT molecular complexity index is 389. The van der Waals surface area contributed by atoms with E-state index in [1.165, 1.54) is 0 Å². The van der Waals surface area contributed by atoms with Crippen molar-refractivity contribution in [2.75, 3.05) is 6.61 Å². The van der Waals surface area contributed by atoms with Gasteiger partial charge in [0.2, 0.25) is 0 Å². The van der Waals surface area contributed by atoms with E-state index in [0.717, 1.165) is 49.2 Å². The van der Waals surface area contributed by atoms with Crippen LogP contribution in [0.2, 0.25) is 0 Å². The Morgan fingerprint density at radius 2 is 2.33 bits per heavy atom. The van der Waals surface area contributed by atoms with Gasteiger partial charge in [-0.25, -0.2) is 9.97 Å². The number of rotatable bonds is 5. The lowest BCUT2D eigenvalue weighted by Gasteiger charge is -2.23. The number of hydrogen-bond acceptors (Lipinski definition) is 4. The topological polar surface area (TPSA) is 61.0 Å². The van der Waals surface area contributed by atoms with E-state index in [-0.39, 0.29) is 12.1 Å². The van der Waals surface area contributed by atoms with Crippen molar-refractivity contribution >= 4 is 0 Å². The summed E-state index contributed by atoms with van der Waals surface area (Å²) < 4.78 is 5.73. The van der Waals surface area contributed by atoms with E-state index in [0.29, 0.717) is 6.61 Å². The van der Waals surface area contributed by atoms with E-state index in [1.807, 2.05) is 13.1 Å². The van der Waals surface area contributed by atoms with E-state index in [4.69, 9.17) is 10.5 Å². The second-order valence-electron chi connectivity index (χ2n) is 4.86. The highest BCUT2D eigenvalue weighted by Gasteiger charge is 2.21. The largest absolute Gasteiger partial charge is 0.371 e. The number of aryl methyl sites for hydroxylation is 1.